The molecule has 2 heterocycles. The van der Waals surface area contributed by atoms with Crippen molar-refractivity contribution in [2.75, 3.05) is 16.9 Å². The molecular weight excluding hydrogens is 266 g/mol. The second-order valence-corrected chi connectivity index (χ2v) is 4.97. The van der Waals surface area contributed by atoms with Crippen LogP contribution in [0.1, 0.15) is 28.9 Å². The fourth-order valence-electron chi connectivity index (χ4n) is 2.55. The SMILES string of the molecule is NNc1cnc(C(=O)N2CCCCc3ccccc32)cn1. The Morgan fingerprint density at radius 3 is 2.81 bits per heavy atom. The molecule has 0 saturated heterocycles. The highest BCUT2D eigenvalue weighted by Gasteiger charge is 2.23. The molecule has 0 fully saturated rings. The number of aromatic nitrogens is 2. The number of aryl methyl sites for hydroxylation is 1. The molecule has 0 radical (unpaired) electrons. The fraction of sp³-hybridized carbons (Fsp3) is 0.267. The lowest BCUT2D eigenvalue weighted by atomic mass is 10.1. The molecule has 1 aliphatic heterocycles. The molecule has 0 atom stereocenters. The quantitative estimate of drug-likeness (QED) is 0.648. The van der Waals surface area contributed by atoms with Gasteiger partial charge < -0.3 is 10.3 Å². The molecule has 1 aliphatic rings. The number of nitrogens with zero attached hydrogens (tertiary/aromatic N) is 3. The summed E-state index contributed by atoms with van der Waals surface area (Å²) < 4.78 is 0. The van der Waals surface area contributed by atoms with Gasteiger partial charge in [-0.25, -0.2) is 15.8 Å². The van der Waals surface area contributed by atoms with Crippen molar-refractivity contribution in [2.24, 2.45) is 5.84 Å². The summed E-state index contributed by atoms with van der Waals surface area (Å²) in [5.74, 6) is 5.56. The molecule has 1 aromatic heterocycles. The number of benzene rings is 1. The molecule has 0 saturated carbocycles. The van der Waals surface area contributed by atoms with E-state index < -0.39 is 0 Å². The average molecular weight is 283 g/mol. The molecule has 1 amide bonds. The Labute approximate surface area is 123 Å². The maximum atomic E-state index is 12.7. The zero-order valence-electron chi connectivity index (χ0n) is 11.6. The second kappa shape index (κ2) is 5.88. The highest BCUT2D eigenvalue weighted by molar-refractivity contribution is 6.05. The van der Waals surface area contributed by atoms with E-state index in [2.05, 4.69) is 21.5 Å². The number of fused-ring (bicyclic) bond motifs is 1. The van der Waals surface area contributed by atoms with Crippen LogP contribution >= 0.6 is 0 Å². The van der Waals surface area contributed by atoms with Crippen molar-refractivity contribution in [1.29, 1.82) is 0 Å². The van der Waals surface area contributed by atoms with Crippen LogP contribution in [0.25, 0.3) is 0 Å². The van der Waals surface area contributed by atoms with Gasteiger partial charge in [0.25, 0.3) is 5.91 Å². The number of anilines is 2. The summed E-state index contributed by atoms with van der Waals surface area (Å²) in [6, 6.07) is 8.03. The third-order valence-electron chi connectivity index (χ3n) is 3.62. The predicted octanol–water partition coefficient (Wildman–Crippen LogP) is 1.75. The zero-order chi connectivity index (χ0) is 14.7. The molecule has 0 aliphatic carbocycles. The zero-order valence-corrected chi connectivity index (χ0v) is 11.6. The number of hydrogen-bond donors (Lipinski definition) is 2. The predicted molar refractivity (Wildman–Crippen MR) is 80.9 cm³/mol. The first-order valence-corrected chi connectivity index (χ1v) is 6.98. The van der Waals surface area contributed by atoms with Crippen LogP contribution in [0.2, 0.25) is 0 Å². The fourth-order valence-corrected chi connectivity index (χ4v) is 2.55. The third kappa shape index (κ3) is 2.71. The van der Waals surface area contributed by atoms with E-state index in [-0.39, 0.29) is 5.91 Å². The lowest BCUT2D eigenvalue weighted by molar-refractivity contribution is 0.0982. The van der Waals surface area contributed by atoms with E-state index in [1.165, 1.54) is 18.0 Å². The number of nitrogens with two attached hydrogens (primary N) is 1. The van der Waals surface area contributed by atoms with Crippen molar-refractivity contribution in [3.63, 3.8) is 0 Å². The van der Waals surface area contributed by atoms with E-state index in [1.54, 1.807) is 4.90 Å². The van der Waals surface area contributed by atoms with Crippen LogP contribution in [0, 0.1) is 0 Å². The van der Waals surface area contributed by atoms with Crippen molar-refractivity contribution < 1.29 is 4.79 Å². The van der Waals surface area contributed by atoms with Gasteiger partial charge >= 0.3 is 0 Å². The Hall–Kier alpha value is -2.47. The number of hydrazine groups is 1. The largest absolute Gasteiger partial charge is 0.307 e. The summed E-state index contributed by atoms with van der Waals surface area (Å²) in [5, 5.41) is 0. The molecular formula is C15H17N5O. The minimum absolute atomic E-state index is 0.125. The third-order valence-corrected chi connectivity index (χ3v) is 3.62. The van der Waals surface area contributed by atoms with Gasteiger partial charge in [0.15, 0.2) is 5.82 Å². The topological polar surface area (TPSA) is 84.1 Å². The van der Waals surface area contributed by atoms with Crippen LogP contribution < -0.4 is 16.2 Å². The number of hydrogen-bond acceptors (Lipinski definition) is 5. The molecule has 2 aromatic rings. The van der Waals surface area contributed by atoms with Gasteiger partial charge in [-0.15, -0.1) is 0 Å². The molecule has 108 valence electrons. The van der Waals surface area contributed by atoms with Gasteiger partial charge in [-0.3, -0.25) is 4.79 Å². The number of amides is 1. The number of carbonyl (C=O) groups is 1. The van der Waals surface area contributed by atoms with E-state index in [1.807, 2.05) is 18.2 Å². The van der Waals surface area contributed by atoms with Gasteiger partial charge in [0.05, 0.1) is 12.4 Å². The number of nitrogens with one attached hydrogen (secondary N) is 1. The molecule has 3 N–H and O–H groups in total. The van der Waals surface area contributed by atoms with Crippen LogP contribution in [-0.4, -0.2) is 22.4 Å². The number of para-hydroxylation sites is 1. The van der Waals surface area contributed by atoms with Crippen LogP contribution in [0.15, 0.2) is 36.7 Å². The van der Waals surface area contributed by atoms with Gasteiger partial charge in [-0.1, -0.05) is 18.2 Å². The van der Waals surface area contributed by atoms with Crippen LogP contribution in [0.3, 0.4) is 0 Å². The maximum Gasteiger partial charge on any atom is 0.278 e. The van der Waals surface area contributed by atoms with Crippen molar-refractivity contribution in [2.45, 2.75) is 19.3 Å². The lowest BCUT2D eigenvalue weighted by Gasteiger charge is -2.22. The molecule has 0 unspecified atom stereocenters. The first-order valence-electron chi connectivity index (χ1n) is 6.98. The summed E-state index contributed by atoms with van der Waals surface area (Å²) in [6.07, 6.45) is 5.97. The minimum atomic E-state index is -0.125. The standard InChI is InChI=1S/C15H17N5O/c16-19-14-10-17-12(9-18-14)15(21)20-8-4-3-6-11-5-1-2-7-13(11)20/h1-2,5,7,9-10H,3-4,6,8,16H2,(H,18,19). The van der Waals surface area contributed by atoms with E-state index in [0.29, 0.717) is 18.1 Å². The average Bonchev–Trinajstić information content (AvgIpc) is 2.77. The smallest absolute Gasteiger partial charge is 0.278 e. The lowest BCUT2D eigenvalue weighted by Crippen LogP contribution is -2.32. The first-order chi connectivity index (χ1) is 10.3. The normalized spacial score (nSPS) is 14.2. The number of rotatable bonds is 2. The van der Waals surface area contributed by atoms with Crippen molar-refractivity contribution >= 4 is 17.4 Å². The molecule has 1 aromatic carbocycles. The first kappa shape index (κ1) is 13.5. The Kier molecular flexibility index (Phi) is 3.79. The summed E-state index contributed by atoms with van der Waals surface area (Å²) in [4.78, 5) is 22.7. The molecule has 0 bridgehead atoms. The van der Waals surface area contributed by atoms with Gasteiger partial charge in [0.1, 0.15) is 5.69 Å². The molecule has 6 nitrogen and oxygen atoms in total. The van der Waals surface area contributed by atoms with Gasteiger partial charge in [-0.05, 0) is 30.9 Å². The van der Waals surface area contributed by atoms with Crippen molar-refractivity contribution in [3.8, 4) is 0 Å². The summed E-state index contributed by atoms with van der Waals surface area (Å²) in [7, 11) is 0. The van der Waals surface area contributed by atoms with Crippen LogP contribution in [0.5, 0.6) is 0 Å². The van der Waals surface area contributed by atoms with E-state index >= 15 is 0 Å². The second-order valence-electron chi connectivity index (χ2n) is 4.97. The summed E-state index contributed by atoms with van der Waals surface area (Å²) in [5.41, 5.74) is 4.90. The summed E-state index contributed by atoms with van der Waals surface area (Å²) >= 11 is 0. The van der Waals surface area contributed by atoms with Gasteiger partial charge in [0, 0.05) is 12.2 Å². The van der Waals surface area contributed by atoms with E-state index in [9.17, 15) is 4.79 Å². The van der Waals surface area contributed by atoms with Crippen LogP contribution in [0.4, 0.5) is 11.5 Å². The molecule has 6 heteroatoms. The molecule has 21 heavy (non-hydrogen) atoms. The number of carbonyl (C=O) groups excluding carboxylic acids is 1. The van der Waals surface area contributed by atoms with Crippen molar-refractivity contribution in [1.82, 2.24) is 9.97 Å². The highest BCUT2D eigenvalue weighted by atomic mass is 16.2. The Morgan fingerprint density at radius 2 is 2.05 bits per heavy atom. The van der Waals surface area contributed by atoms with Gasteiger partial charge in [-0.2, -0.15) is 0 Å². The minimum Gasteiger partial charge on any atom is -0.307 e. The Morgan fingerprint density at radius 1 is 1.19 bits per heavy atom. The monoisotopic (exact) mass is 283 g/mol. The Balaban J connectivity index is 1.93. The number of nitrogen functional groups attached to an aromatic ring is 1. The highest BCUT2D eigenvalue weighted by Crippen LogP contribution is 2.27. The van der Waals surface area contributed by atoms with Crippen LogP contribution in [-0.2, 0) is 6.42 Å². The molecule has 3 rings (SSSR count). The summed E-state index contributed by atoms with van der Waals surface area (Å²) in [6.45, 7) is 0.703. The van der Waals surface area contributed by atoms with E-state index in [4.69, 9.17) is 5.84 Å². The molecule has 0 spiro atoms. The maximum absolute atomic E-state index is 12.7. The van der Waals surface area contributed by atoms with E-state index in [0.717, 1.165) is 24.9 Å². The Bertz CT molecular complexity index is 641. The van der Waals surface area contributed by atoms with Crippen molar-refractivity contribution in [3.05, 3.63) is 47.9 Å². The van der Waals surface area contributed by atoms with Gasteiger partial charge in [0.2, 0.25) is 0 Å².